The Bertz CT molecular complexity index is 1930. The van der Waals surface area contributed by atoms with Gasteiger partial charge in [-0.3, -0.25) is 0 Å². The van der Waals surface area contributed by atoms with Crippen LogP contribution < -0.4 is 5.63 Å². The van der Waals surface area contributed by atoms with E-state index in [-0.39, 0.29) is 18.9 Å². The first-order chi connectivity index (χ1) is 21.4. The van der Waals surface area contributed by atoms with E-state index in [1.807, 2.05) is 6.88 Å². The van der Waals surface area contributed by atoms with Crippen molar-refractivity contribution in [2.45, 2.75) is 69.9 Å². The van der Waals surface area contributed by atoms with Gasteiger partial charge in [-0.1, -0.05) is 0 Å². The van der Waals surface area contributed by atoms with E-state index in [1.165, 1.54) is 46.5 Å². The van der Waals surface area contributed by atoms with Gasteiger partial charge in [0, 0.05) is 0 Å². The van der Waals surface area contributed by atoms with Gasteiger partial charge >= 0.3 is 271 Å². The van der Waals surface area contributed by atoms with Crippen LogP contribution in [0.15, 0.2) is 96.1 Å². The van der Waals surface area contributed by atoms with Gasteiger partial charge in [0.15, 0.2) is 0 Å². The quantitative estimate of drug-likeness (QED) is 0.169. The molecule has 0 bridgehead atoms. The normalized spacial score (nSPS) is 19.8. The Kier molecular flexibility index (Phi) is 7.12. The summed E-state index contributed by atoms with van der Waals surface area (Å²) in [6.07, 6.45) is 4.58. The molecule has 0 spiro atoms. The molecule has 6 heteroatoms. The second-order valence-electron chi connectivity index (χ2n) is 16.4. The van der Waals surface area contributed by atoms with Crippen molar-refractivity contribution in [2.75, 3.05) is 0 Å². The van der Waals surface area contributed by atoms with Gasteiger partial charge < -0.3 is 0 Å². The standard InChI is InChI=1S/2C13H15.2C6H5FO.2CH3.H2Si.Zr/c2*1-9(2)11-4-5-12-6-10(3)7-13(12)8-11;2*7-5-1-3-6(8)4-2-5;;;;/h2*4-9H,1-3H3;2*1-4,8H;2*1H3;1H2;/q;;;;;;;+2/p-2. The average Bonchev–Trinajstić information content (AvgIpc) is 3.51. The van der Waals surface area contributed by atoms with Crippen LogP contribution in [0.5, 0.6) is 11.5 Å². The molecule has 46 heavy (non-hydrogen) atoms. The molecule has 0 amide bonds. The molecule has 240 valence electrons. The van der Waals surface area contributed by atoms with Gasteiger partial charge in [-0.15, -0.1) is 0 Å². The van der Waals surface area contributed by atoms with Crippen molar-refractivity contribution in [3.8, 4) is 11.5 Å². The van der Waals surface area contributed by atoms with E-state index in [9.17, 15) is 8.78 Å². The van der Waals surface area contributed by atoms with Crippen LogP contribution in [-0.4, -0.2) is 6.88 Å². The second-order valence-corrected chi connectivity index (χ2v) is 59.5. The first kappa shape index (κ1) is 32.8. The van der Waals surface area contributed by atoms with Crippen LogP contribution in [0.2, 0.25) is 9.26 Å². The third kappa shape index (κ3) is 4.94. The summed E-state index contributed by atoms with van der Waals surface area (Å²) >= 11 is -6.68. The SMILES string of the molecule is CC1=Cc2cc(C(C)C)ccc2[CH]1[Zr]([CH3])([CH3])(=[SiH2])([O]c1ccc(F)cc1)([O]c1ccc(F)cc1)[CH]1C(C)=Cc2cc(C(C)C)ccc21. The second kappa shape index (κ2) is 9.97. The van der Waals surface area contributed by atoms with Gasteiger partial charge in [0.25, 0.3) is 0 Å². The van der Waals surface area contributed by atoms with Crippen LogP contribution in [-0.2, 0) is 15.3 Å². The van der Waals surface area contributed by atoms with Gasteiger partial charge in [-0.05, 0) is 0 Å². The minimum absolute atomic E-state index is 0.273. The zero-order valence-corrected chi connectivity index (χ0v) is 32.2. The van der Waals surface area contributed by atoms with Gasteiger partial charge in [0.05, 0.1) is 0 Å². The summed E-state index contributed by atoms with van der Waals surface area (Å²) in [5.74, 6) is 1.18. The number of hydrogen-bond donors (Lipinski definition) is 0. The molecule has 2 nitrogen and oxygen atoms in total. The number of benzene rings is 4. The molecule has 4 aromatic rings. The van der Waals surface area contributed by atoms with Gasteiger partial charge in [0.1, 0.15) is 0 Å². The molecule has 4 aromatic carbocycles. The maximum atomic E-state index is 14.4. The average molecular weight is 716 g/mol. The summed E-state index contributed by atoms with van der Waals surface area (Å²) < 4.78 is 48.5. The Morgan fingerprint density at radius 2 is 0.935 bits per heavy atom. The van der Waals surface area contributed by atoms with Crippen molar-refractivity contribution in [3.05, 3.63) is 141 Å². The van der Waals surface area contributed by atoms with Gasteiger partial charge in [0.2, 0.25) is 0 Å². The van der Waals surface area contributed by atoms with Crippen LogP contribution in [0.25, 0.3) is 12.2 Å². The van der Waals surface area contributed by atoms with E-state index in [1.54, 1.807) is 24.3 Å². The summed E-state index contributed by atoms with van der Waals surface area (Å²) in [6.45, 7) is 15.1. The third-order valence-electron chi connectivity index (χ3n) is 11.0. The molecule has 0 N–H and O–H groups in total. The molecule has 0 saturated carbocycles. The molecule has 0 radical (unpaired) electrons. The number of halogens is 2. The molecule has 0 heterocycles. The monoisotopic (exact) mass is 714 g/mol. The maximum absolute atomic E-state index is 14.4. The fourth-order valence-electron chi connectivity index (χ4n) is 9.41. The third-order valence-corrected chi connectivity index (χ3v) is 38.3. The first-order valence-corrected chi connectivity index (χ1v) is 32.1. The molecule has 0 aromatic heterocycles. The van der Waals surface area contributed by atoms with Crippen molar-refractivity contribution in [3.63, 3.8) is 0 Å². The van der Waals surface area contributed by atoms with Crippen LogP contribution in [0.4, 0.5) is 8.78 Å². The van der Waals surface area contributed by atoms with Crippen molar-refractivity contribution < 1.29 is 29.7 Å². The van der Waals surface area contributed by atoms with Crippen molar-refractivity contribution in [1.82, 2.24) is 0 Å². The predicted octanol–water partition coefficient (Wildman–Crippen LogP) is 11.2. The molecule has 2 aliphatic carbocycles. The topological polar surface area (TPSA) is 18.5 Å². The summed E-state index contributed by atoms with van der Waals surface area (Å²) in [4.78, 5) is 0. The van der Waals surface area contributed by atoms with Gasteiger partial charge in [-0.2, -0.15) is 0 Å². The summed E-state index contributed by atoms with van der Waals surface area (Å²) in [5.41, 5.74) is 9.50. The molecule has 2 aliphatic rings. The van der Waals surface area contributed by atoms with Crippen molar-refractivity contribution in [2.24, 2.45) is 0 Å². The Labute approximate surface area is 269 Å². The van der Waals surface area contributed by atoms with Gasteiger partial charge in [-0.25, -0.2) is 0 Å². The molecule has 2 atom stereocenters. The van der Waals surface area contributed by atoms with Crippen molar-refractivity contribution in [1.29, 1.82) is 0 Å². The first-order valence-electron chi connectivity index (χ1n) is 16.4. The Balaban J connectivity index is 1.78. The van der Waals surface area contributed by atoms with E-state index in [2.05, 4.69) is 99.4 Å². The van der Waals surface area contributed by atoms with E-state index in [0.717, 1.165) is 22.3 Å². The fraction of sp³-hybridized carbons (Fsp3) is 0.300. The van der Waals surface area contributed by atoms with E-state index in [0.29, 0.717) is 23.3 Å². The summed E-state index contributed by atoms with van der Waals surface area (Å²) in [7, 11) is 0. The molecular weight excluding hydrogens is 670 g/mol. The van der Waals surface area contributed by atoms with Crippen LogP contribution in [0.1, 0.15) is 94.0 Å². The zero-order valence-electron chi connectivity index (χ0n) is 28.3. The zero-order chi connectivity index (χ0) is 33.3. The predicted molar refractivity (Wildman–Crippen MR) is 188 cm³/mol. The molecule has 0 fully saturated rings. The van der Waals surface area contributed by atoms with E-state index >= 15 is 0 Å². The van der Waals surface area contributed by atoms with Crippen LogP contribution in [0.3, 0.4) is 0 Å². The van der Waals surface area contributed by atoms with E-state index in [4.69, 9.17) is 5.63 Å². The molecular formula is C40H46F2O2SiZr. The van der Waals surface area contributed by atoms with Crippen LogP contribution >= 0.6 is 0 Å². The van der Waals surface area contributed by atoms with Crippen LogP contribution in [0, 0.1) is 11.6 Å². The molecule has 2 unspecified atom stereocenters. The molecule has 0 saturated heterocycles. The molecule has 6 rings (SSSR count). The Morgan fingerprint density at radius 1 is 0.587 bits per heavy atom. The molecule has 0 aliphatic heterocycles. The number of fused-ring (bicyclic) bond motifs is 2. The summed E-state index contributed by atoms with van der Waals surface area (Å²) in [5, 5.41) is 0. The number of allylic oxidation sites excluding steroid dienone is 2. The fourth-order valence-corrected chi connectivity index (χ4v) is 42.6. The Morgan fingerprint density at radius 3 is 1.26 bits per heavy atom. The summed E-state index contributed by atoms with van der Waals surface area (Å²) in [6, 6.07) is 26.2. The Hall–Kier alpha value is -3.08. The number of rotatable bonds is 8. The van der Waals surface area contributed by atoms with E-state index < -0.39 is 15.3 Å². The van der Waals surface area contributed by atoms with Crippen molar-refractivity contribution >= 4 is 19.0 Å². The minimum atomic E-state index is -6.68. The number of hydrogen-bond acceptors (Lipinski definition) is 2.